The first-order valence-corrected chi connectivity index (χ1v) is 11.2. The molecule has 0 saturated heterocycles. The van der Waals surface area contributed by atoms with E-state index in [4.69, 9.17) is 17.2 Å². The molecular weight excluding hydrogens is 460 g/mol. The Morgan fingerprint density at radius 1 is 0.914 bits per heavy atom. The van der Waals surface area contributed by atoms with Gasteiger partial charge in [-0.05, 0) is 56.3 Å². The molecule has 0 radical (unpaired) electrons. The molecule has 0 aliphatic carbocycles. The zero-order valence-electron chi connectivity index (χ0n) is 19.4. The summed E-state index contributed by atoms with van der Waals surface area (Å²) in [6.45, 7) is -0.143. The predicted octanol–water partition coefficient (Wildman–Crippen LogP) is -2.17. The highest BCUT2D eigenvalue weighted by Crippen LogP contribution is 2.11. The summed E-state index contributed by atoms with van der Waals surface area (Å²) in [6.07, 6.45) is 1.08. The number of benzene rings is 1. The smallest absolute Gasteiger partial charge is 0.326 e. The van der Waals surface area contributed by atoms with Crippen LogP contribution in [0.5, 0.6) is 5.75 Å². The van der Waals surface area contributed by atoms with Crippen LogP contribution in [0.25, 0.3) is 0 Å². The monoisotopic (exact) mass is 494 g/mol. The van der Waals surface area contributed by atoms with Gasteiger partial charge in [-0.1, -0.05) is 12.1 Å². The van der Waals surface area contributed by atoms with Crippen LogP contribution in [0.1, 0.15) is 37.7 Å². The maximum Gasteiger partial charge on any atom is 0.326 e. The van der Waals surface area contributed by atoms with Crippen molar-refractivity contribution in [1.82, 2.24) is 16.0 Å². The number of carboxylic acid groups (broad SMARTS) is 1. The van der Waals surface area contributed by atoms with Crippen LogP contribution < -0.4 is 33.2 Å². The highest BCUT2D eigenvalue weighted by molar-refractivity contribution is 5.93. The standard InChI is InChI=1S/C22H34N6O7/c23-10-2-1-3-17(22(34)35)27-19(31)12-26-21(33)16(8-9-18(25)30)28-20(32)15(24)11-13-4-6-14(29)7-5-13/h4-7,15-17,29H,1-3,8-12,23-24H2,(H2,25,30)(H,26,33)(H,27,31)(H,28,32)(H,34,35). The number of carboxylic acids is 1. The normalized spacial score (nSPS) is 13.2. The van der Waals surface area contributed by atoms with Gasteiger partial charge in [0.25, 0.3) is 0 Å². The van der Waals surface area contributed by atoms with E-state index < -0.39 is 54.3 Å². The molecule has 0 heterocycles. The predicted molar refractivity (Wildman–Crippen MR) is 126 cm³/mol. The molecule has 0 aliphatic rings. The molecule has 13 heteroatoms. The molecular formula is C22H34N6O7. The first-order valence-electron chi connectivity index (χ1n) is 11.2. The van der Waals surface area contributed by atoms with Crippen molar-refractivity contribution < 1.29 is 34.2 Å². The lowest BCUT2D eigenvalue weighted by molar-refractivity contribution is -0.142. The van der Waals surface area contributed by atoms with Crippen molar-refractivity contribution in [2.24, 2.45) is 17.2 Å². The first-order chi connectivity index (χ1) is 16.5. The molecule has 35 heavy (non-hydrogen) atoms. The molecule has 3 atom stereocenters. The minimum atomic E-state index is -1.21. The number of phenolic OH excluding ortho intramolecular Hbond substituents is 1. The number of nitrogens with two attached hydrogens (primary N) is 3. The van der Waals surface area contributed by atoms with Crippen molar-refractivity contribution in [1.29, 1.82) is 0 Å². The Morgan fingerprint density at radius 3 is 2.14 bits per heavy atom. The van der Waals surface area contributed by atoms with Crippen LogP contribution in [-0.4, -0.2) is 71.0 Å². The average molecular weight is 495 g/mol. The molecule has 0 spiro atoms. The number of nitrogens with one attached hydrogen (secondary N) is 3. The van der Waals surface area contributed by atoms with E-state index in [1.165, 1.54) is 12.1 Å². The van der Waals surface area contributed by atoms with Crippen LogP contribution in [-0.2, 0) is 30.4 Å². The van der Waals surface area contributed by atoms with E-state index in [1.54, 1.807) is 12.1 Å². The van der Waals surface area contributed by atoms with Crippen molar-refractivity contribution >= 4 is 29.6 Å². The fourth-order valence-corrected chi connectivity index (χ4v) is 3.10. The van der Waals surface area contributed by atoms with Crippen molar-refractivity contribution in [3.05, 3.63) is 29.8 Å². The summed E-state index contributed by atoms with van der Waals surface area (Å²) in [6, 6.07) is 2.72. The van der Waals surface area contributed by atoms with Gasteiger partial charge in [-0.15, -0.1) is 0 Å². The molecule has 0 bridgehead atoms. The van der Waals surface area contributed by atoms with Gasteiger partial charge in [0, 0.05) is 6.42 Å². The van der Waals surface area contributed by atoms with Crippen LogP contribution in [0.4, 0.5) is 0 Å². The summed E-state index contributed by atoms with van der Waals surface area (Å²) in [5.41, 5.74) is 17.1. The van der Waals surface area contributed by atoms with Crippen molar-refractivity contribution in [3.63, 3.8) is 0 Å². The number of unbranched alkanes of at least 4 members (excludes halogenated alkanes) is 1. The van der Waals surface area contributed by atoms with Crippen LogP contribution in [0.2, 0.25) is 0 Å². The van der Waals surface area contributed by atoms with E-state index in [0.717, 1.165) is 0 Å². The molecule has 1 aromatic rings. The van der Waals surface area contributed by atoms with E-state index in [1.807, 2.05) is 0 Å². The highest BCUT2D eigenvalue weighted by atomic mass is 16.4. The molecule has 0 aliphatic heterocycles. The van der Waals surface area contributed by atoms with Gasteiger partial charge in [-0.25, -0.2) is 4.79 Å². The summed E-state index contributed by atoms with van der Waals surface area (Å²) in [5.74, 6) is -4.01. The summed E-state index contributed by atoms with van der Waals surface area (Å²) in [5, 5.41) is 25.7. The number of aliphatic carboxylic acids is 1. The zero-order valence-corrected chi connectivity index (χ0v) is 19.4. The number of aromatic hydroxyl groups is 1. The fraction of sp³-hybridized carbons (Fsp3) is 0.500. The molecule has 4 amide bonds. The van der Waals surface area contributed by atoms with E-state index in [-0.39, 0.29) is 31.4 Å². The van der Waals surface area contributed by atoms with Crippen LogP contribution in [0.3, 0.4) is 0 Å². The quantitative estimate of drug-likeness (QED) is 0.116. The largest absolute Gasteiger partial charge is 0.508 e. The zero-order chi connectivity index (χ0) is 26.4. The number of rotatable bonds is 16. The van der Waals surface area contributed by atoms with Gasteiger partial charge in [0.2, 0.25) is 23.6 Å². The molecule has 13 nitrogen and oxygen atoms in total. The molecule has 1 rings (SSSR count). The average Bonchev–Trinajstić information content (AvgIpc) is 2.80. The summed E-state index contributed by atoms with van der Waals surface area (Å²) in [4.78, 5) is 59.7. The molecule has 0 aromatic heterocycles. The summed E-state index contributed by atoms with van der Waals surface area (Å²) in [7, 11) is 0. The molecule has 3 unspecified atom stereocenters. The number of hydrogen-bond acceptors (Lipinski definition) is 8. The molecule has 1 aromatic carbocycles. The van der Waals surface area contributed by atoms with Gasteiger partial charge in [-0.3, -0.25) is 19.2 Å². The Labute approximate surface area is 202 Å². The number of carbonyl (C=O) groups excluding carboxylic acids is 4. The maximum atomic E-state index is 12.6. The Balaban J connectivity index is 2.68. The molecule has 0 saturated carbocycles. The van der Waals surface area contributed by atoms with Crippen molar-refractivity contribution in [2.45, 2.75) is 56.7 Å². The number of phenols is 1. The van der Waals surface area contributed by atoms with Gasteiger partial charge in [0.1, 0.15) is 17.8 Å². The number of amides is 4. The lowest BCUT2D eigenvalue weighted by atomic mass is 10.0. The topological polar surface area (TPSA) is 240 Å². The highest BCUT2D eigenvalue weighted by Gasteiger charge is 2.25. The second-order valence-electron chi connectivity index (χ2n) is 8.00. The van der Waals surface area contributed by atoms with Crippen LogP contribution in [0, 0.1) is 0 Å². The molecule has 194 valence electrons. The third-order valence-corrected chi connectivity index (χ3v) is 5.04. The van der Waals surface area contributed by atoms with Crippen molar-refractivity contribution in [3.8, 4) is 5.75 Å². The SMILES string of the molecule is NCCCCC(NC(=O)CNC(=O)C(CCC(N)=O)NC(=O)C(N)Cc1ccc(O)cc1)C(=O)O. The number of carbonyl (C=O) groups is 5. The number of primary amides is 1. The van der Waals surface area contributed by atoms with Gasteiger partial charge in [0.05, 0.1) is 12.6 Å². The van der Waals surface area contributed by atoms with E-state index in [9.17, 15) is 34.2 Å². The lowest BCUT2D eigenvalue weighted by Crippen LogP contribution is -2.54. The van der Waals surface area contributed by atoms with Crippen molar-refractivity contribution in [2.75, 3.05) is 13.1 Å². The Kier molecular flexibility index (Phi) is 12.8. The minimum Gasteiger partial charge on any atom is -0.508 e. The van der Waals surface area contributed by atoms with E-state index in [2.05, 4.69) is 16.0 Å². The van der Waals surface area contributed by atoms with Gasteiger partial charge >= 0.3 is 5.97 Å². The van der Waals surface area contributed by atoms with Crippen LogP contribution in [0.15, 0.2) is 24.3 Å². The Morgan fingerprint density at radius 2 is 1.57 bits per heavy atom. The second kappa shape index (κ2) is 15.2. The third kappa shape index (κ3) is 11.8. The second-order valence-corrected chi connectivity index (χ2v) is 8.00. The van der Waals surface area contributed by atoms with Gasteiger partial charge in [0.15, 0.2) is 0 Å². The fourth-order valence-electron chi connectivity index (χ4n) is 3.10. The molecule has 11 N–H and O–H groups in total. The molecule has 0 fully saturated rings. The summed E-state index contributed by atoms with van der Waals surface area (Å²) < 4.78 is 0. The van der Waals surface area contributed by atoms with Gasteiger partial charge < -0.3 is 43.4 Å². The van der Waals surface area contributed by atoms with E-state index in [0.29, 0.717) is 24.9 Å². The Hall–Kier alpha value is -3.71. The Bertz CT molecular complexity index is 878. The summed E-state index contributed by atoms with van der Waals surface area (Å²) >= 11 is 0. The first kappa shape index (κ1) is 29.3. The van der Waals surface area contributed by atoms with Crippen LogP contribution >= 0.6 is 0 Å². The third-order valence-electron chi connectivity index (χ3n) is 5.04. The lowest BCUT2D eigenvalue weighted by Gasteiger charge is -2.21. The van der Waals surface area contributed by atoms with Gasteiger partial charge in [-0.2, -0.15) is 0 Å². The number of hydrogen-bond donors (Lipinski definition) is 8. The minimum absolute atomic E-state index is 0.0595. The van der Waals surface area contributed by atoms with E-state index >= 15 is 0 Å². The maximum absolute atomic E-state index is 12.6.